The van der Waals surface area contributed by atoms with E-state index in [-0.39, 0.29) is 0 Å². The molecule has 0 atom stereocenters. The maximum atomic E-state index is 12.2. The zero-order valence-corrected chi connectivity index (χ0v) is 8.30. The van der Waals surface area contributed by atoms with E-state index >= 15 is 0 Å². The molecule has 0 bridgehead atoms. The van der Waals surface area contributed by atoms with Gasteiger partial charge in [0.2, 0.25) is 0 Å². The minimum Gasteiger partial charge on any atom is -0.445 e. The lowest BCUT2D eigenvalue weighted by atomic mass is 9.80. The van der Waals surface area contributed by atoms with Crippen molar-refractivity contribution in [1.29, 1.82) is 0 Å². The van der Waals surface area contributed by atoms with E-state index in [1.54, 1.807) is 6.26 Å². The van der Waals surface area contributed by atoms with Gasteiger partial charge in [-0.15, -0.1) is 17.2 Å². The first-order chi connectivity index (χ1) is 5.95. The van der Waals surface area contributed by atoms with Crippen LogP contribution in [0.2, 0.25) is 5.02 Å². The van der Waals surface area contributed by atoms with Crippen LogP contribution >= 0.6 is 23.4 Å². The molecule has 0 heterocycles. The van der Waals surface area contributed by atoms with Crippen molar-refractivity contribution in [2.24, 2.45) is 0 Å². The minimum absolute atomic E-state index is 0.358. The fourth-order valence-corrected chi connectivity index (χ4v) is 1.75. The van der Waals surface area contributed by atoms with Crippen LogP contribution < -0.4 is 5.46 Å². The smallest absolute Gasteiger partial charge is 0.445 e. The third-order valence-corrected chi connectivity index (χ3v) is 2.77. The summed E-state index contributed by atoms with van der Waals surface area (Å²) in [6.07, 6.45) is 1.69. The van der Waals surface area contributed by atoms with Crippen LogP contribution in [-0.4, -0.2) is 13.2 Å². The molecule has 72 valence electrons. The number of halogens is 4. The highest BCUT2D eigenvalue weighted by molar-refractivity contribution is 7.98. The number of hydrogen-bond acceptors (Lipinski definition) is 1. The lowest BCUT2D eigenvalue weighted by Crippen LogP contribution is -2.33. The van der Waals surface area contributed by atoms with Crippen LogP contribution in [-0.2, 0) is 0 Å². The summed E-state index contributed by atoms with van der Waals surface area (Å²) in [6.45, 7) is -4.92. The Labute approximate surface area is 83.5 Å². The standard InChI is InChI=1S/C7H6BClF3S/c1-13-7-4-5(8(10,11)12)2-3-6(7)9/h2-4H,1H3/q-1. The second kappa shape index (κ2) is 3.84. The maximum Gasteiger partial charge on any atom is 0.509 e. The monoisotopic (exact) mass is 225 g/mol. The highest BCUT2D eigenvalue weighted by Crippen LogP contribution is 2.25. The molecule has 0 N–H and O–H groups in total. The molecule has 1 aromatic carbocycles. The molecule has 0 fully saturated rings. The molecule has 0 unspecified atom stereocenters. The van der Waals surface area contributed by atoms with Crippen molar-refractivity contribution >= 4 is 35.8 Å². The first-order valence-corrected chi connectivity index (χ1v) is 5.09. The fraction of sp³-hybridized carbons (Fsp3) is 0.143. The molecule has 0 amide bonds. The molecule has 6 heteroatoms. The van der Waals surface area contributed by atoms with Crippen molar-refractivity contribution in [2.75, 3.05) is 6.26 Å². The summed E-state index contributed by atoms with van der Waals surface area (Å²) >= 11 is 6.87. The van der Waals surface area contributed by atoms with Crippen LogP contribution in [0.3, 0.4) is 0 Å². The maximum absolute atomic E-state index is 12.2. The molecular formula is C7H6BClF3S-. The minimum atomic E-state index is -4.92. The third kappa shape index (κ3) is 2.58. The van der Waals surface area contributed by atoms with Gasteiger partial charge in [-0.3, -0.25) is 0 Å². The first kappa shape index (κ1) is 10.8. The highest BCUT2D eigenvalue weighted by Gasteiger charge is 2.25. The molecule has 0 saturated carbocycles. The number of rotatable bonds is 2. The van der Waals surface area contributed by atoms with Crippen molar-refractivity contribution in [1.82, 2.24) is 0 Å². The molecule has 0 radical (unpaired) electrons. The molecule has 0 aromatic heterocycles. The normalized spacial score (nSPS) is 11.8. The Morgan fingerprint density at radius 3 is 2.38 bits per heavy atom. The largest absolute Gasteiger partial charge is 0.509 e. The lowest BCUT2D eigenvalue weighted by molar-refractivity contribution is 0.501. The van der Waals surface area contributed by atoms with E-state index in [1.165, 1.54) is 17.8 Å². The van der Waals surface area contributed by atoms with Gasteiger partial charge >= 0.3 is 6.98 Å². The van der Waals surface area contributed by atoms with Gasteiger partial charge in [0, 0.05) is 4.90 Å². The molecule has 1 rings (SSSR count). The lowest BCUT2D eigenvalue weighted by Gasteiger charge is -2.15. The Balaban J connectivity index is 3.14. The average Bonchev–Trinajstić information content (AvgIpc) is 2.03. The molecule has 0 aliphatic heterocycles. The molecule has 0 aliphatic carbocycles. The molecule has 1 aromatic rings. The van der Waals surface area contributed by atoms with Crippen molar-refractivity contribution in [3.8, 4) is 0 Å². The van der Waals surface area contributed by atoms with Gasteiger partial charge in [0.25, 0.3) is 0 Å². The summed E-state index contributed by atoms with van der Waals surface area (Å²) in [5, 5.41) is 0.358. The SMILES string of the molecule is CSc1cc([B-](F)(F)F)ccc1Cl. The zero-order valence-electron chi connectivity index (χ0n) is 6.73. The van der Waals surface area contributed by atoms with Gasteiger partial charge in [-0.1, -0.05) is 23.7 Å². The van der Waals surface area contributed by atoms with E-state index in [2.05, 4.69) is 0 Å². The molecule has 0 spiro atoms. The highest BCUT2D eigenvalue weighted by atomic mass is 35.5. The van der Waals surface area contributed by atoms with E-state index in [1.807, 2.05) is 0 Å². The van der Waals surface area contributed by atoms with Crippen molar-refractivity contribution in [3.63, 3.8) is 0 Å². The van der Waals surface area contributed by atoms with Crippen LogP contribution in [0, 0.1) is 0 Å². The Kier molecular flexibility index (Phi) is 3.19. The Hall–Kier alpha value is -0.285. The van der Waals surface area contributed by atoms with Crippen LogP contribution in [0.4, 0.5) is 12.9 Å². The average molecular weight is 225 g/mol. The van der Waals surface area contributed by atoms with E-state index in [9.17, 15) is 12.9 Å². The second-order valence-electron chi connectivity index (χ2n) is 2.47. The van der Waals surface area contributed by atoms with E-state index < -0.39 is 12.4 Å². The topological polar surface area (TPSA) is 0 Å². The second-order valence-corrected chi connectivity index (χ2v) is 3.72. The van der Waals surface area contributed by atoms with Crippen LogP contribution in [0.25, 0.3) is 0 Å². The first-order valence-electron chi connectivity index (χ1n) is 3.48. The zero-order chi connectivity index (χ0) is 10.1. The molecule has 0 aliphatic rings. The summed E-state index contributed by atoms with van der Waals surface area (Å²) in [4.78, 5) is 0.457. The van der Waals surface area contributed by atoms with Crippen molar-refractivity contribution in [2.45, 2.75) is 4.90 Å². The summed E-state index contributed by atoms with van der Waals surface area (Å²) in [5.41, 5.74) is -0.603. The van der Waals surface area contributed by atoms with E-state index in [0.717, 1.165) is 12.1 Å². The van der Waals surface area contributed by atoms with Crippen molar-refractivity contribution in [3.05, 3.63) is 23.2 Å². The van der Waals surface area contributed by atoms with Crippen LogP contribution in [0.15, 0.2) is 23.1 Å². The van der Waals surface area contributed by atoms with Crippen LogP contribution in [0.5, 0.6) is 0 Å². The van der Waals surface area contributed by atoms with Gasteiger partial charge in [0.1, 0.15) is 0 Å². The van der Waals surface area contributed by atoms with Gasteiger partial charge in [-0.25, -0.2) is 0 Å². The van der Waals surface area contributed by atoms with Gasteiger partial charge in [-0.05, 0) is 12.3 Å². The van der Waals surface area contributed by atoms with Crippen molar-refractivity contribution < 1.29 is 12.9 Å². The quantitative estimate of drug-likeness (QED) is 0.550. The van der Waals surface area contributed by atoms with E-state index in [4.69, 9.17) is 11.6 Å². The Morgan fingerprint density at radius 1 is 1.31 bits per heavy atom. The predicted molar refractivity (Wildman–Crippen MR) is 51.9 cm³/mol. The summed E-state index contributed by atoms with van der Waals surface area (Å²) in [5.74, 6) is 0. The number of benzene rings is 1. The van der Waals surface area contributed by atoms with Crippen LogP contribution in [0.1, 0.15) is 0 Å². The van der Waals surface area contributed by atoms with Gasteiger partial charge < -0.3 is 12.9 Å². The third-order valence-electron chi connectivity index (χ3n) is 1.55. The van der Waals surface area contributed by atoms with Gasteiger partial charge in [-0.2, -0.15) is 0 Å². The Bertz CT molecular complexity index is 313. The number of hydrogen-bond donors (Lipinski definition) is 0. The van der Waals surface area contributed by atoms with E-state index in [0.29, 0.717) is 9.92 Å². The molecule has 13 heavy (non-hydrogen) atoms. The molecule has 0 nitrogen and oxygen atoms in total. The predicted octanol–water partition coefficient (Wildman–Crippen LogP) is 3.12. The summed E-state index contributed by atoms with van der Waals surface area (Å²) < 4.78 is 36.7. The summed E-state index contributed by atoms with van der Waals surface area (Å²) in [6, 6.07) is 3.35. The van der Waals surface area contributed by atoms with Gasteiger partial charge in [0.05, 0.1) is 5.02 Å². The number of thioether (sulfide) groups is 1. The Morgan fingerprint density at radius 2 is 1.92 bits per heavy atom. The summed E-state index contributed by atoms with van der Waals surface area (Å²) in [7, 11) is 0. The molecule has 0 saturated heterocycles. The fourth-order valence-electron chi connectivity index (χ4n) is 0.880. The van der Waals surface area contributed by atoms with Gasteiger partial charge in [0.15, 0.2) is 0 Å². The molecular weight excluding hydrogens is 219 g/mol.